The third kappa shape index (κ3) is 5.11. The minimum atomic E-state index is -0.398. The average molecular weight is 338 g/mol. The molecular formula is C17H20ClNO2S. The molecule has 1 aliphatic rings. The van der Waals surface area contributed by atoms with Crippen LogP contribution in [0.1, 0.15) is 24.0 Å². The summed E-state index contributed by atoms with van der Waals surface area (Å²) >= 11 is 7.57. The van der Waals surface area contributed by atoms with Crippen LogP contribution in [0.4, 0.5) is 4.79 Å². The van der Waals surface area contributed by atoms with Crippen LogP contribution in [0.2, 0.25) is 0 Å². The zero-order valence-electron chi connectivity index (χ0n) is 12.6. The first-order valence-electron chi connectivity index (χ1n) is 7.28. The average Bonchev–Trinajstić information content (AvgIpc) is 2.54. The van der Waals surface area contributed by atoms with E-state index in [9.17, 15) is 4.79 Å². The molecule has 0 atom stereocenters. The molecule has 3 nitrogen and oxygen atoms in total. The van der Waals surface area contributed by atoms with Crippen molar-refractivity contribution in [3.63, 3.8) is 0 Å². The van der Waals surface area contributed by atoms with Gasteiger partial charge in [0.25, 0.3) is 0 Å². The molecule has 1 aliphatic carbocycles. The van der Waals surface area contributed by atoms with E-state index in [4.69, 9.17) is 16.3 Å². The van der Waals surface area contributed by atoms with Crippen LogP contribution in [0.5, 0.6) is 0 Å². The summed E-state index contributed by atoms with van der Waals surface area (Å²) < 4.78 is 5.19. The SMILES string of the molecule is Cc1c(CCl)cccc1SCCOC(=O)NC1=CCCC=C1. The van der Waals surface area contributed by atoms with Crippen molar-refractivity contribution in [3.05, 3.63) is 53.3 Å². The highest BCUT2D eigenvalue weighted by Crippen LogP contribution is 2.25. The van der Waals surface area contributed by atoms with Crippen molar-refractivity contribution >= 4 is 29.5 Å². The lowest BCUT2D eigenvalue weighted by atomic mass is 10.1. The number of rotatable bonds is 6. The fraction of sp³-hybridized carbons (Fsp3) is 0.353. The van der Waals surface area contributed by atoms with Crippen molar-refractivity contribution in [2.75, 3.05) is 12.4 Å². The molecular weight excluding hydrogens is 318 g/mol. The van der Waals surface area contributed by atoms with Crippen LogP contribution < -0.4 is 5.32 Å². The number of nitrogens with one attached hydrogen (secondary N) is 1. The minimum Gasteiger partial charge on any atom is -0.448 e. The van der Waals surface area contributed by atoms with Crippen LogP contribution in [0, 0.1) is 6.92 Å². The minimum absolute atomic E-state index is 0.373. The van der Waals surface area contributed by atoms with Crippen LogP contribution in [0.25, 0.3) is 0 Å². The summed E-state index contributed by atoms with van der Waals surface area (Å²) in [5, 5.41) is 2.73. The third-order valence-corrected chi connectivity index (χ3v) is 4.77. The maximum atomic E-state index is 11.7. The highest BCUT2D eigenvalue weighted by atomic mass is 35.5. The summed E-state index contributed by atoms with van der Waals surface area (Å²) in [7, 11) is 0. The van der Waals surface area contributed by atoms with Crippen molar-refractivity contribution in [1.29, 1.82) is 0 Å². The number of alkyl carbamates (subject to hydrolysis) is 1. The number of carbonyl (C=O) groups is 1. The molecule has 0 saturated heterocycles. The third-order valence-electron chi connectivity index (χ3n) is 3.36. The normalized spacial score (nSPS) is 13.6. The van der Waals surface area contributed by atoms with Crippen molar-refractivity contribution in [2.45, 2.75) is 30.5 Å². The quantitative estimate of drug-likeness (QED) is 0.461. The van der Waals surface area contributed by atoms with E-state index in [1.54, 1.807) is 11.8 Å². The van der Waals surface area contributed by atoms with E-state index >= 15 is 0 Å². The lowest BCUT2D eigenvalue weighted by Crippen LogP contribution is -2.24. The second kappa shape index (κ2) is 8.91. The molecule has 1 aromatic carbocycles. The number of hydrogen-bond acceptors (Lipinski definition) is 3. The van der Waals surface area contributed by atoms with Crippen LogP contribution >= 0.6 is 23.4 Å². The molecule has 0 aromatic heterocycles. The van der Waals surface area contributed by atoms with E-state index in [1.165, 1.54) is 10.5 Å². The van der Waals surface area contributed by atoms with Gasteiger partial charge in [-0.05, 0) is 43.0 Å². The summed E-state index contributed by atoms with van der Waals surface area (Å²) in [6, 6.07) is 6.10. The van der Waals surface area contributed by atoms with Gasteiger partial charge in [-0.3, -0.25) is 5.32 Å². The molecule has 0 radical (unpaired) electrons. The van der Waals surface area contributed by atoms with Gasteiger partial charge in [0.1, 0.15) is 6.61 Å². The first kappa shape index (κ1) is 17.0. The molecule has 0 saturated carbocycles. The number of hydrogen-bond donors (Lipinski definition) is 1. The summed E-state index contributed by atoms with van der Waals surface area (Å²) in [4.78, 5) is 12.8. The molecule has 22 heavy (non-hydrogen) atoms. The Labute approximate surface area is 140 Å². The Morgan fingerprint density at radius 3 is 3.00 bits per heavy atom. The lowest BCUT2D eigenvalue weighted by Gasteiger charge is -2.11. The standard InChI is InChI=1S/C17H20ClNO2S/c1-13-14(12-18)6-5-9-16(13)22-11-10-21-17(20)19-15-7-3-2-4-8-15/h3,5-9H,2,4,10-12H2,1H3,(H,19,20). The van der Waals surface area contributed by atoms with Gasteiger partial charge in [0.05, 0.1) is 0 Å². The molecule has 0 aliphatic heterocycles. The fourth-order valence-electron chi connectivity index (χ4n) is 2.11. The Morgan fingerprint density at radius 2 is 2.27 bits per heavy atom. The monoisotopic (exact) mass is 337 g/mol. The van der Waals surface area contributed by atoms with Gasteiger partial charge in [-0.1, -0.05) is 24.3 Å². The second-order valence-electron chi connectivity index (χ2n) is 4.92. The van der Waals surface area contributed by atoms with Gasteiger partial charge in [0.15, 0.2) is 0 Å². The highest BCUT2D eigenvalue weighted by Gasteiger charge is 2.07. The molecule has 5 heteroatoms. The van der Waals surface area contributed by atoms with Crippen LogP contribution in [0.3, 0.4) is 0 Å². The van der Waals surface area contributed by atoms with Gasteiger partial charge in [-0.2, -0.15) is 0 Å². The molecule has 0 unspecified atom stereocenters. The topological polar surface area (TPSA) is 38.3 Å². The van der Waals surface area contributed by atoms with Gasteiger partial charge >= 0.3 is 6.09 Å². The molecule has 0 bridgehead atoms. The summed E-state index contributed by atoms with van der Waals surface area (Å²) in [6.45, 7) is 2.44. The Bertz CT molecular complexity index is 584. The van der Waals surface area contributed by atoms with Gasteiger partial charge in [0.2, 0.25) is 0 Å². The number of allylic oxidation sites excluding steroid dienone is 3. The fourth-order valence-corrected chi connectivity index (χ4v) is 3.31. The molecule has 1 N–H and O–H groups in total. The van der Waals surface area contributed by atoms with Crippen LogP contribution in [-0.2, 0) is 10.6 Å². The summed E-state index contributed by atoms with van der Waals surface area (Å²) in [5.41, 5.74) is 3.15. The maximum Gasteiger partial charge on any atom is 0.411 e. The number of halogens is 1. The maximum absolute atomic E-state index is 11.7. The number of alkyl halides is 1. The predicted octanol–water partition coefficient (Wildman–Crippen LogP) is 4.79. The van der Waals surface area contributed by atoms with E-state index in [-0.39, 0.29) is 0 Å². The second-order valence-corrected chi connectivity index (χ2v) is 6.33. The zero-order chi connectivity index (χ0) is 15.8. The first-order chi connectivity index (χ1) is 10.7. The smallest absolute Gasteiger partial charge is 0.411 e. The van der Waals surface area contributed by atoms with E-state index in [2.05, 4.69) is 18.3 Å². The number of benzene rings is 1. The van der Waals surface area contributed by atoms with Gasteiger partial charge in [-0.25, -0.2) is 4.79 Å². The van der Waals surface area contributed by atoms with Crippen molar-refractivity contribution in [2.24, 2.45) is 0 Å². The highest BCUT2D eigenvalue weighted by molar-refractivity contribution is 7.99. The summed E-state index contributed by atoms with van der Waals surface area (Å²) in [6.07, 6.45) is 7.52. The molecule has 1 aromatic rings. The molecule has 0 fully saturated rings. The van der Waals surface area contributed by atoms with Gasteiger partial charge in [-0.15, -0.1) is 23.4 Å². The number of ether oxygens (including phenoxy) is 1. The van der Waals surface area contributed by atoms with E-state index in [1.807, 2.05) is 30.4 Å². The van der Waals surface area contributed by atoms with Crippen LogP contribution in [-0.4, -0.2) is 18.5 Å². The van der Waals surface area contributed by atoms with E-state index in [0.29, 0.717) is 12.5 Å². The predicted molar refractivity (Wildman–Crippen MR) is 92.4 cm³/mol. The number of amides is 1. The largest absolute Gasteiger partial charge is 0.448 e. The Kier molecular flexibility index (Phi) is 6.87. The van der Waals surface area contributed by atoms with Gasteiger partial charge in [0, 0.05) is 22.2 Å². The van der Waals surface area contributed by atoms with Crippen molar-refractivity contribution in [1.82, 2.24) is 5.32 Å². The van der Waals surface area contributed by atoms with Crippen LogP contribution in [0.15, 0.2) is 47.0 Å². The van der Waals surface area contributed by atoms with E-state index in [0.717, 1.165) is 29.9 Å². The molecule has 0 spiro atoms. The van der Waals surface area contributed by atoms with E-state index < -0.39 is 6.09 Å². The lowest BCUT2D eigenvalue weighted by molar-refractivity contribution is 0.156. The number of thioether (sulfide) groups is 1. The Balaban J connectivity index is 1.72. The Hall–Kier alpha value is -1.39. The Morgan fingerprint density at radius 1 is 1.41 bits per heavy atom. The van der Waals surface area contributed by atoms with Gasteiger partial charge < -0.3 is 4.74 Å². The molecule has 118 valence electrons. The van der Waals surface area contributed by atoms with Crippen molar-refractivity contribution in [3.8, 4) is 0 Å². The van der Waals surface area contributed by atoms with Crippen molar-refractivity contribution < 1.29 is 9.53 Å². The first-order valence-corrected chi connectivity index (χ1v) is 8.80. The molecule has 0 heterocycles. The molecule has 1 amide bonds. The zero-order valence-corrected chi connectivity index (χ0v) is 14.2. The summed E-state index contributed by atoms with van der Waals surface area (Å²) in [5.74, 6) is 1.23. The number of carbonyl (C=O) groups excluding carboxylic acids is 1. The molecule has 2 rings (SSSR count).